The molecule has 3 N–H and O–H groups in total. The molecule has 1 atom stereocenters. The van der Waals surface area contributed by atoms with Crippen LogP contribution in [0.25, 0.3) is 0 Å². The Morgan fingerprint density at radius 2 is 1.56 bits per heavy atom. The fraction of sp³-hybridized carbons (Fsp3) is 0.486. The van der Waals surface area contributed by atoms with E-state index in [0.29, 0.717) is 43.7 Å². The summed E-state index contributed by atoms with van der Waals surface area (Å²) in [6, 6.07) is 6.47. The number of aliphatic imine (C=N–C) groups is 1. The van der Waals surface area contributed by atoms with Crippen molar-refractivity contribution in [1.29, 1.82) is 0 Å². The van der Waals surface area contributed by atoms with Crippen LogP contribution in [0.15, 0.2) is 80.9 Å². The number of fused-ring (bicyclic) bond motifs is 2. The maximum absolute atomic E-state index is 12.2. The Labute approximate surface area is 327 Å². The van der Waals surface area contributed by atoms with Gasteiger partial charge in [0.15, 0.2) is 5.71 Å². The maximum Gasteiger partial charge on any atom is 0.327 e. The van der Waals surface area contributed by atoms with E-state index in [1.807, 2.05) is 68.0 Å². The fourth-order valence-electron chi connectivity index (χ4n) is 7.05. The number of benzene rings is 1. The van der Waals surface area contributed by atoms with Gasteiger partial charge >= 0.3 is 5.82 Å². The first-order valence-corrected chi connectivity index (χ1v) is 23.2. The average Bonchev–Trinajstić information content (AvgIpc) is 3.43. The number of carbonyl (C=O) groups excluding carboxylic acids is 1. The molecule has 296 valence electrons. The molecule has 0 saturated carbocycles. The van der Waals surface area contributed by atoms with Crippen molar-refractivity contribution >= 4 is 69.3 Å². The molecule has 1 aromatic carbocycles. The van der Waals surface area contributed by atoms with E-state index in [-0.39, 0.29) is 29.3 Å². The zero-order valence-electron chi connectivity index (χ0n) is 30.9. The number of ketones is 1. The van der Waals surface area contributed by atoms with Crippen LogP contribution < -0.4 is 9.47 Å². The SMILES string of the molecule is CC(=O)CCCCCN1/C(=C/C=C/C=C/C2=Nc3c(cc(Br)c[n+]3CCCS(=O)(=O)O)C2(C)C)C(C)(CCCCS(=O)(=O)O)c2cc(S(=O)(=O)O)ccc21. The summed E-state index contributed by atoms with van der Waals surface area (Å²) in [6.45, 7) is 8.50. The van der Waals surface area contributed by atoms with Gasteiger partial charge in [-0.2, -0.15) is 25.3 Å². The number of aromatic nitrogens is 1. The summed E-state index contributed by atoms with van der Waals surface area (Å²) in [7, 11) is -12.8. The lowest BCUT2D eigenvalue weighted by Crippen LogP contribution is -2.36. The van der Waals surface area contributed by atoms with Crippen molar-refractivity contribution in [3.63, 3.8) is 0 Å². The highest BCUT2D eigenvalue weighted by Gasteiger charge is 2.44. The highest BCUT2D eigenvalue weighted by atomic mass is 79.9. The molecule has 0 fully saturated rings. The summed E-state index contributed by atoms with van der Waals surface area (Å²) in [4.78, 5) is 18.3. The van der Waals surface area contributed by atoms with Gasteiger partial charge in [-0.1, -0.05) is 31.1 Å². The Hall–Kier alpha value is -3.06. The number of rotatable bonds is 19. The second-order valence-corrected chi connectivity index (χ2v) is 20.0. The lowest BCUT2D eigenvalue weighted by molar-refractivity contribution is -0.684. The maximum atomic E-state index is 12.2. The largest absolute Gasteiger partial charge is 0.344 e. The van der Waals surface area contributed by atoms with Crippen molar-refractivity contribution in [1.82, 2.24) is 0 Å². The van der Waals surface area contributed by atoms with Crippen LogP contribution in [0.2, 0.25) is 0 Å². The van der Waals surface area contributed by atoms with Crippen LogP contribution in [-0.4, -0.2) is 68.5 Å². The average molecular weight is 872 g/mol. The number of allylic oxidation sites excluding steroid dienone is 6. The lowest BCUT2D eigenvalue weighted by Gasteiger charge is -2.30. The van der Waals surface area contributed by atoms with Crippen molar-refractivity contribution in [2.45, 2.75) is 101 Å². The molecule has 13 nitrogen and oxygen atoms in total. The highest BCUT2D eigenvalue weighted by Crippen LogP contribution is 2.51. The zero-order chi connectivity index (χ0) is 40.1. The van der Waals surface area contributed by atoms with E-state index in [4.69, 9.17) is 4.99 Å². The summed E-state index contributed by atoms with van der Waals surface area (Å²) in [5.41, 5.74) is 2.72. The minimum atomic E-state index is -4.52. The van der Waals surface area contributed by atoms with Crippen LogP contribution in [0.3, 0.4) is 0 Å². The Morgan fingerprint density at radius 1 is 0.870 bits per heavy atom. The van der Waals surface area contributed by atoms with E-state index < -0.39 is 46.9 Å². The fourth-order valence-corrected chi connectivity index (χ4v) is 9.10. The first-order valence-electron chi connectivity index (χ1n) is 17.7. The number of nitrogens with zero attached hydrogens (tertiary/aromatic N) is 3. The molecule has 17 heteroatoms. The van der Waals surface area contributed by atoms with Crippen molar-refractivity contribution in [3.8, 4) is 0 Å². The van der Waals surface area contributed by atoms with E-state index in [9.17, 15) is 43.7 Å². The number of halogens is 1. The van der Waals surface area contributed by atoms with E-state index in [1.165, 1.54) is 12.1 Å². The van der Waals surface area contributed by atoms with Crippen LogP contribution in [-0.2, 0) is 52.5 Å². The van der Waals surface area contributed by atoms with E-state index in [1.54, 1.807) is 13.0 Å². The summed E-state index contributed by atoms with van der Waals surface area (Å²) in [6.07, 6.45) is 15.2. The quantitative estimate of drug-likeness (QED) is 0.0594. The molecule has 2 aliphatic heterocycles. The summed E-state index contributed by atoms with van der Waals surface area (Å²) in [5, 5.41) is 0. The molecule has 0 aliphatic carbocycles. The van der Waals surface area contributed by atoms with Gasteiger partial charge in [0.2, 0.25) is 0 Å². The van der Waals surface area contributed by atoms with Crippen molar-refractivity contribution in [3.05, 3.63) is 82.1 Å². The third-order valence-corrected chi connectivity index (χ3v) is 12.8. The Morgan fingerprint density at radius 3 is 2.20 bits per heavy atom. The van der Waals surface area contributed by atoms with E-state index in [0.717, 1.165) is 46.4 Å². The number of anilines is 1. The minimum absolute atomic E-state index is 0.120. The zero-order valence-corrected chi connectivity index (χ0v) is 34.9. The molecule has 0 radical (unpaired) electrons. The van der Waals surface area contributed by atoms with E-state index in [2.05, 4.69) is 20.8 Å². The van der Waals surface area contributed by atoms with Crippen LogP contribution in [0.1, 0.15) is 90.2 Å². The molecular formula is C37H49BrN3O10S3+. The number of hydrogen-bond donors (Lipinski definition) is 3. The molecule has 0 spiro atoms. The molecule has 2 aromatic rings. The Kier molecular flexibility index (Phi) is 14.1. The molecule has 0 bridgehead atoms. The Balaban J connectivity index is 1.67. The molecule has 1 aromatic heterocycles. The Bertz CT molecular complexity index is 2210. The number of carbonyl (C=O) groups is 1. The van der Waals surface area contributed by atoms with Gasteiger partial charge in [-0.25, -0.2) is 4.57 Å². The molecule has 3 heterocycles. The normalized spacial score (nSPS) is 19.2. The summed E-state index contributed by atoms with van der Waals surface area (Å²) >= 11 is 3.55. The van der Waals surface area contributed by atoms with Gasteiger partial charge in [-0.05, 0) is 116 Å². The predicted octanol–water partition coefficient (Wildman–Crippen LogP) is 6.61. The lowest BCUT2D eigenvalue weighted by atomic mass is 9.77. The molecule has 54 heavy (non-hydrogen) atoms. The summed E-state index contributed by atoms with van der Waals surface area (Å²) < 4.78 is 101. The topological polar surface area (TPSA) is 200 Å². The van der Waals surface area contributed by atoms with Crippen LogP contribution in [0, 0.1) is 0 Å². The van der Waals surface area contributed by atoms with Crippen LogP contribution >= 0.6 is 15.9 Å². The number of aryl methyl sites for hydroxylation is 1. The summed E-state index contributed by atoms with van der Waals surface area (Å²) in [5.74, 6) is 0.0424. The van der Waals surface area contributed by atoms with Crippen molar-refractivity contribution in [2.24, 2.45) is 4.99 Å². The molecule has 4 rings (SSSR count). The molecule has 1 unspecified atom stereocenters. The van der Waals surface area contributed by atoms with Crippen LogP contribution in [0.5, 0.6) is 0 Å². The molecule has 2 aliphatic rings. The first-order chi connectivity index (χ1) is 25.0. The number of pyridine rings is 1. The predicted molar refractivity (Wildman–Crippen MR) is 212 cm³/mol. The molecule has 0 amide bonds. The molecule has 0 saturated heterocycles. The van der Waals surface area contributed by atoms with Gasteiger partial charge < -0.3 is 9.69 Å². The number of Topliss-reactive ketones (excluding diaryl/α,β-unsaturated/α-hetero) is 1. The van der Waals surface area contributed by atoms with Crippen molar-refractivity contribution in [2.75, 3.05) is 23.0 Å². The number of hydrogen-bond acceptors (Lipinski definition) is 9. The van der Waals surface area contributed by atoms with Crippen molar-refractivity contribution < 1.29 is 48.3 Å². The minimum Gasteiger partial charge on any atom is -0.344 e. The van der Waals surface area contributed by atoms with Gasteiger partial charge in [-0.15, -0.1) is 0 Å². The number of unbranched alkanes of at least 4 members (excludes halogenated alkanes) is 3. The van der Waals surface area contributed by atoms with Gasteiger partial charge in [-0.3, -0.25) is 13.7 Å². The third-order valence-electron chi connectivity index (χ3n) is 9.89. The standard InChI is InChI=1S/C37H48BrN3O10S3/c1-27(42)14-7-6-11-21-41-32-18-17-29(54(49,50)51)25-30(32)37(4,19-10-12-22-52(43,44)45)34(41)16-9-5-8-15-33-36(2,3)31-24-28(38)26-40(35(31)39-33)20-13-23-53(46,47)48/h5,8-9,15-18,24-26H,6-7,10-14,19-23H2,1-4H3,(H2-,43,44,45,46,47,48,49,50,51)/p+1. The van der Waals surface area contributed by atoms with Gasteiger partial charge in [0.25, 0.3) is 30.4 Å². The first kappa shape index (κ1) is 43.7. The second kappa shape index (κ2) is 17.4. The van der Waals surface area contributed by atoms with Gasteiger partial charge in [0.05, 0.1) is 38.4 Å². The monoisotopic (exact) mass is 870 g/mol. The molecular weight excluding hydrogens is 823 g/mol. The highest BCUT2D eigenvalue weighted by molar-refractivity contribution is 9.10. The van der Waals surface area contributed by atoms with E-state index >= 15 is 0 Å². The smallest absolute Gasteiger partial charge is 0.327 e. The van der Waals surface area contributed by atoms with Gasteiger partial charge in [0, 0.05) is 36.2 Å². The second-order valence-electron chi connectivity index (χ2n) is 14.5. The van der Waals surface area contributed by atoms with Crippen LogP contribution in [0.4, 0.5) is 11.5 Å². The van der Waals surface area contributed by atoms with Gasteiger partial charge in [0.1, 0.15) is 12.0 Å². The third kappa shape index (κ3) is 11.3.